The molecule has 230 valence electrons. The molecule has 2 rings (SSSR count). The van der Waals surface area contributed by atoms with Gasteiger partial charge in [0.1, 0.15) is 0 Å². The van der Waals surface area contributed by atoms with Gasteiger partial charge in [-0.25, -0.2) is 9.09 Å². The number of phosphoric ester groups is 1. The van der Waals surface area contributed by atoms with Crippen molar-refractivity contribution >= 4 is 13.8 Å². The van der Waals surface area contributed by atoms with E-state index in [0.29, 0.717) is 11.1 Å². The predicted molar refractivity (Wildman–Crippen MR) is 155 cm³/mol. The Morgan fingerprint density at radius 1 is 0.872 bits per heavy atom. The molecule has 39 heavy (non-hydrogen) atoms. The first kappa shape index (κ1) is 34.7. The van der Waals surface area contributed by atoms with Gasteiger partial charge in [-0.15, -0.1) is 0 Å². The van der Waals surface area contributed by atoms with Crippen molar-refractivity contribution in [1.29, 1.82) is 0 Å². The Labute approximate surface area is 239 Å². The first-order chi connectivity index (χ1) is 18.7. The second kappa shape index (κ2) is 18.8. The maximum absolute atomic E-state index is 13.0. The average Bonchev–Trinajstić information content (AvgIpc) is 3.37. The Balaban J connectivity index is 1.49. The molecule has 2 saturated heterocycles. The van der Waals surface area contributed by atoms with Crippen LogP contribution in [0.2, 0.25) is 0 Å². The van der Waals surface area contributed by atoms with Crippen molar-refractivity contribution in [3.8, 4) is 0 Å². The van der Waals surface area contributed by atoms with Crippen LogP contribution in [0.1, 0.15) is 130 Å². The van der Waals surface area contributed by atoms with E-state index in [2.05, 4.69) is 6.92 Å². The zero-order chi connectivity index (χ0) is 28.6. The van der Waals surface area contributed by atoms with Crippen molar-refractivity contribution in [1.82, 2.24) is 0 Å². The van der Waals surface area contributed by atoms with Crippen LogP contribution in [-0.4, -0.2) is 68.8 Å². The number of hydrogen-bond donors (Lipinski definition) is 0. The van der Waals surface area contributed by atoms with Crippen molar-refractivity contribution in [2.75, 3.05) is 33.9 Å². The van der Waals surface area contributed by atoms with E-state index < -0.39 is 19.9 Å². The van der Waals surface area contributed by atoms with Gasteiger partial charge in [0, 0.05) is 20.0 Å². The molecule has 0 N–H and O–H groups in total. The molecule has 0 saturated carbocycles. The van der Waals surface area contributed by atoms with E-state index in [9.17, 15) is 9.36 Å². The Kier molecular flexibility index (Phi) is 16.8. The number of nitrogens with zero attached hydrogens (tertiary/aromatic N) is 1. The average molecular weight is 577 g/mol. The summed E-state index contributed by atoms with van der Waals surface area (Å²) in [6, 6.07) is 0. The first-order valence-corrected chi connectivity index (χ1v) is 17.4. The summed E-state index contributed by atoms with van der Waals surface area (Å²) >= 11 is 0. The molecule has 0 aromatic carbocycles. The maximum atomic E-state index is 13.0. The summed E-state index contributed by atoms with van der Waals surface area (Å²) in [6.07, 6.45) is 20.4. The minimum atomic E-state index is -3.69. The molecule has 9 heteroatoms. The fourth-order valence-corrected chi connectivity index (χ4v) is 7.23. The number of esters is 1. The predicted octanol–water partition coefficient (Wildman–Crippen LogP) is 7.93. The lowest BCUT2D eigenvalue weighted by Gasteiger charge is -2.29. The second-order valence-electron chi connectivity index (χ2n) is 12.2. The Morgan fingerprint density at radius 3 is 1.87 bits per heavy atom. The molecule has 0 aromatic heterocycles. The van der Waals surface area contributed by atoms with Crippen LogP contribution in [-0.2, 0) is 32.4 Å². The Hall–Kier alpha value is -0.500. The molecule has 0 aromatic rings. The van der Waals surface area contributed by atoms with Crippen LogP contribution >= 0.6 is 7.82 Å². The Bertz CT molecular complexity index is 719. The number of likely N-dealkylation sites (N-methyl/N-ethyl adjacent to an activating group) is 1. The number of carbonyl (C=O) groups excluding carboxylic acids is 1. The van der Waals surface area contributed by atoms with Crippen LogP contribution in [0.3, 0.4) is 0 Å². The molecule has 0 amide bonds. The Morgan fingerprint density at radius 2 is 1.38 bits per heavy atom. The van der Waals surface area contributed by atoms with E-state index in [0.717, 1.165) is 25.8 Å². The first-order valence-electron chi connectivity index (χ1n) is 15.9. The number of unbranched alkanes of at least 4 members (excludes halogenated alkanes) is 15. The summed E-state index contributed by atoms with van der Waals surface area (Å²) in [7, 11) is 0.363. The fourth-order valence-electron chi connectivity index (χ4n) is 5.53. The molecule has 5 unspecified atom stereocenters. The van der Waals surface area contributed by atoms with Crippen LogP contribution in [0, 0.1) is 0 Å². The lowest BCUT2D eigenvalue weighted by atomic mass is 10.0. The topological polar surface area (TPSA) is 80.3 Å². The van der Waals surface area contributed by atoms with Crippen molar-refractivity contribution in [3.63, 3.8) is 0 Å². The number of ether oxygens (including phenoxy) is 2. The van der Waals surface area contributed by atoms with Gasteiger partial charge in [-0.2, -0.15) is 0 Å². The molecular formula is C30H59NO7P+. The number of phosphoric acid groups is 1. The summed E-state index contributed by atoms with van der Waals surface area (Å²) in [5.74, 6) is -0.428. The molecule has 0 bridgehead atoms. The van der Waals surface area contributed by atoms with Gasteiger partial charge in [0.15, 0.2) is 12.2 Å². The van der Waals surface area contributed by atoms with Gasteiger partial charge in [0.05, 0.1) is 33.4 Å². The number of likely N-dealkylation sites (tertiary alicyclic amines) is 1. The van der Waals surface area contributed by atoms with Crippen LogP contribution in [0.5, 0.6) is 0 Å². The molecule has 2 fully saturated rings. The van der Waals surface area contributed by atoms with E-state index >= 15 is 0 Å². The van der Waals surface area contributed by atoms with Gasteiger partial charge < -0.3 is 14.0 Å². The maximum Gasteiger partial charge on any atom is 0.480 e. The molecule has 2 heterocycles. The van der Waals surface area contributed by atoms with E-state index in [-0.39, 0.29) is 25.0 Å². The summed E-state index contributed by atoms with van der Waals surface area (Å²) in [4.78, 5) is 11.6. The van der Waals surface area contributed by atoms with Crippen molar-refractivity contribution in [2.24, 2.45) is 0 Å². The highest BCUT2D eigenvalue weighted by atomic mass is 31.2. The third-order valence-electron chi connectivity index (χ3n) is 8.11. The van der Waals surface area contributed by atoms with Gasteiger partial charge >= 0.3 is 13.8 Å². The highest BCUT2D eigenvalue weighted by Gasteiger charge is 2.57. The van der Waals surface area contributed by atoms with Gasteiger partial charge in [-0.1, -0.05) is 103 Å². The zero-order valence-electron chi connectivity index (χ0n) is 25.7. The third-order valence-corrected chi connectivity index (χ3v) is 9.58. The van der Waals surface area contributed by atoms with Crippen LogP contribution in [0.15, 0.2) is 0 Å². The molecule has 0 spiro atoms. The lowest BCUT2D eigenvalue weighted by molar-refractivity contribution is -0.920. The van der Waals surface area contributed by atoms with E-state index in [1.165, 1.54) is 96.8 Å². The number of fused-ring (bicyclic) bond motifs is 1. The van der Waals surface area contributed by atoms with E-state index in [1.54, 1.807) is 0 Å². The molecule has 0 radical (unpaired) electrons. The van der Waals surface area contributed by atoms with Crippen molar-refractivity contribution < 1.29 is 36.9 Å². The fraction of sp³-hybridized carbons (Fsp3) is 0.967. The molecule has 5 atom stereocenters. The summed E-state index contributed by atoms with van der Waals surface area (Å²) in [5, 5.41) is 0. The second-order valence-corrected chi connectivity index (χ2v) is 13.8. The van der Waals surface area contributed by atoms with Gasteiger partial charge in [-0.3, -0.25) is 13.8 Å². The molecule has 2 aliphatic rings. The minimum Gasteiger partial charge on any atom is -0.457 e. The van der Waals surface area contributed by atoms with Crippen LogP contribution in [0.25, 0.3) is 0 Å². The van der Waals surface area contributed by atoms with E-state index in [4.69, 9.17) is 23.0 Å². The van der Waals surface area contributed by atoms with Crippen molar-refractivity contribution in [3.05, 3.63) is 0 Å². The quantitative estimate of drug-likeness (QED) is 0.0529. The summed E-state index contributed by atoms with van der Waals surface area (Å²) in [6.45, 7) is 6.88. The molecular weight excluding hydrogens is 517 g/mol. The molecule has 2 aliphatic heterocycles. The highest BCUT2D eigenvalue weighted by Crippen LogP contribution is 2.60. The SMILES string of the molecule is CCCCCCCCCCCCCCCCCCOC(C)C(COP1(=O)OC2CC[N+](C)(C)C2O1)OC(C)=O. The minimum absolute atomic E-state index is 0.0934. The lowest BCUT2D eigenvalue weighted by Crippen LogP contribution is -2.46. The number of carbonyl (C=O) groups is 1. The number of rotatable bonds is 23. The molecule has 8 nitrogen and oxygen atoms in total. The summed E-state index contributed by atoms with van der Waals surface area (Å²) < 4.78 is 41.9. The van der Waals surface area contributed by atoms with Crippen LogP contribution < -0.4 is 0 Å². The smallest absolute Gasteiger partial charge is 0.457 e. The van der Waals surface area contributed by atoms with Gasteiger partial charge in [0.25, 0.3) is 0 Å². The largest absolute Gasteiger partial charge is 0.480 e. The summed E-state index contributed by atoms with van der Waals surface area (Å²) in [5.41, 5.74) is 0. The highest BCUT2D eigenvalue weighted by molar-refractivity contribution is 7.48. The van der Waals surface area contributed by atoms with Crippen molar-refractivity contribution in [2.45, 2.75) is 154 Å². The third kappa shape index (κ3) is 13.8. The van der Waals surface area contributed by atoms with Gasteiger partial charge in [0.2, 0.25) is 6.23 Å². The van der Waals surface area contributed by atoms with E-state index in [1.807, 2.05) is 21.0 Å². The normalized spacial score (nSPS) is 25.5. The molecule has 0 aliphatic carbocycles. The number of quaternary nitrogens is 1. The zero-order valence-corrected chi connectivity index (χ0v) is 26.6. The van der Waals surface area contributed by atoms with Gasteiger partial charge in [-0.05, 0) is 13.3 Å². The standard InChI is InChI=1S/C30H59NO7P/c1-6-7-8-9-10-11-12-13-14-15-16-17-18-19-20-21-24-34-26(2)29(36-27(3)32)25-35-39(33)37-28-22-23-31(4,5)30(28)38-39/h26,28-30H,6-25H2,1-5H3/q+1. The number of hydrogen-bond acceptors (Lipinski definition) is 7. The monoisotopic (exact) mass is 576 g/mol. The van der Waals surface area contributed by atoms with Crippen LogP contribution in [0.4, 0.5) is 0 Å².